The number of aliphatic imine (C=N–C) groups is 3. The number of hydrogen-bond acceptors (Lipinski definition) is 19. The van der Waals surface area contributed by atoms with Crippen molar-refractivity contribution in [3.8, 4) is 0 Å². The van der Waals surface area contributed by atoms with Gasteiger partial charge >= 0.3 is 5.97 Å². The number of hydrogen-bond donors (Lipinski definition) is 20. The second kappa shape index (κ2) is 46.8. The van der Waals surface area contributed by atoms with E-state index in [0.717, 1.165) is 32.1 Å². The molecule has 1 aliphatic carbocycles. The molecule has 0 heterocycles. The highest BCUT2D eigenvalue weighted by molar-refractivity contribution is 7.80. The molecular formula is C63H105N21O15S2. The summed E-state index contributed by atoms with van der Waals surface area (Å²) >= 11 is 8.24. The standard InChI is InChI=1S/C63H105N21O15S2/c1-6-34(3)49(58(96)79-42(29-37-17-10-8-11-18-37)57(95)78-41(23-16-27-73-63(69)70)54(92)81-44(33-101)51(89)52(64)90)82-55(93)39(21-14-25-71-61(65)66)76-45(85)30-43(60(98)99)80-59(97)50(35(4)7-2)83-56(94)40(22-15-26-72-62(67)68)77-47(87)32-74-46(86)31-75-53(91)36(5)84(48(88)24-28-100)38-19-12-9-13-20-38/h8,10-11,17-18,34-36,38-44,49-50,100-101H,6-7,9,12-16,19-33H2,1-5H3,(H2,64,90)(H,74,86)(H,75,91)(H,76,85)(H,77,87)(H,78,95)(H,79,96)(H,80,97)(H,81,92)(H,82,93)(H,83,94)(H,98,99)(H4,65,66,71)(H4,67,68,72)(H4,69,70,73)/t34-,35-,36-,39-,40-,41-,42-,43-,44-,49-,50-/m0/s1. The van der Waals surface area contributed by atoms with Crippen LogP contribution in [-0.4, -0.2) is 215 Å². The first-order valence-corrected chi connectivity index (χ1v) is 34.8. The van der Waals surface area contributed by atoms with Crippen molar-refractivity contribution in [2.45, 2.75) is 198 Å². The predicted molar refractivity (Wildman–Crippen MR) is 382 cm³/mol. The number of carbonyl (C=O) groups excluding carboxylic acids is 13. The molecule has 0 saturated heterocycles. The third-order valence-corrected chi connectivity index (χ3v) is 17.2. The summed E-state index contributed by atoms with van der Waals surface area (Å²) in [5, 5.41) is 35.5. The summed E-state index contributed by atoms with van der Waals surface area (Å²) in [6, 6.07) is -4.93. The molecule has 0 unspecified atom stereocenters. The Bertz CT molecular complexity index is 3060. The molecule has 12 amide bonds. The molecule has 1 aromatic carbocycles. The number of thiol groups is 2. The first-order valence-electron chi connectivity index (χ1n) is 33.5. The minimum Gasteiger partial charge on any atom is -0.480 e. The minimum absolute atomic E-state index is 0.000663. The van der Waals surface area contributed by atoms with Crippen LogP contribution in [0, 0.1) is 11.8 Å². The molecule has 1 aliphatic rings. The third-order valence-electron chi connectivity index (χ3n) is 16.6. The summed E-state index contributed by atoms with van der Waals surface area (Å²) in [4.78, 5) is 203. The van der Waals surface area contributed by atoms with E-state index in [9.17, 15) is 72.2 Å². The Balaban J connectivity index is 2.41. The number of benzene rings is 1. The van der Waals surface area contributed by atoms with E-state index in [1.54, 1.807) is 69.9 Å². The van der Waals surface area contributed by atoms with Crippen LogP contribution in [-0.2, 0) is 73.5 Å². The topological polar surface area (TPSA) is 602 Å². The van der Waals surface area contributed by atoms with Crippen LogP contribution in [0.25, 0.3) is 0 Å². The maximum Gasteiger partial charge on any atom is 0.326 e. The van der Waals surface area contributed by atoms with Gasteiger partial charge in [0.05, 0.1) is 19.5 Å². The number of carboxylic acids is 1. The lowest BCUT2D eigenvalue weighted by Gasteiger charge is -2.38. The van der Waals surface area contributed by atoms with Crippen LogP contribution >= 0.6 is 25.3 Å². The van der Waals surface area contributed by atoms with Gasteiger partial charge in [0.2, 0.25) is 70.8 Å². The Morgan fingerprint density at radius 3 is 1.39 bits per heavy atom. The van der Waals surface area contributed by atoms with Crippen LogP contribution in [0.1, 0.15) is 136 Å². The second-order valence-electron chi connectivity index (χ2n) is 24.5. The summed E-state index contributed by atoms with van der Waals surface area (Å²) in [5.74, 6) is -15.7. The van der Waals surface area contributed by atoms with Gasteiger partial charge in [0, 0.05) is 44.3 Å². The van der Waals surface area contributed by atoms with Gasteiger partial charge < -0.3 is 103 Å². The number of carboxylic acid groups (broad SMARTS) is 1. The molecule has 0 aliphatic heterocycles. The van der Waals surface area contributed by atoms with Crippen LogP contribution < -0.4 is 93.3 Å². The predicted octanol–water partition coefficient (Wildman–Crippen LogP) is -5.08. The average Bonchev–Trinajstić information content (AvgIpc) is 0.852. The van der Waals surface area contributed by atoms with E-state index < -0.39 is 162 Å². The summed E-state index contributed by atoms with van der Waals surface area (Å²) in [5.41, 5.74) is 38.8. The monoisotopic (exact) mass is 1460 g/mol. The molecule has 1 aromatic rings. The maximum absolute atomic E-state index is 14.6. The van der Waals surface area contributed by atoms with Gasteiger partial charge in [0.15, 0.2) is 17.9 Å². The van der Waals surface area contributed by atoms with Gasteiger partial charge in [-0.2, -0.15) is 25.3 Å². The number of nitrogens with one attached hydrogen (secondary N) is 10. The van der Waals surface area contributed by atoms with Gasteiger partial charge in [-0.25, -0.2) is 4.79 Å². The summed E-state index contributed by atoms with van der Waals surface area (Å²) < 4.78 is 0. The summed E-state index contributed by atoms with van der Waals surface area (Å²) in [6.07, 6.45) is 3.47. The van der Waals surface area contributed by atoms with Crippen molar-refractivity contribution >= 4 is 126 Å². The summed E-state index contributed by atoms with van der Waals surface area (Å²) in [6.45, 7) is 6.84. The summed E-state index contributed by atoms with van der Waals surface area (Å²) in [7, 11) is 0. The number of carbonyl (C=O) groups is 14. The number of guanidine groups is 3. The van der Waals surface area contributed by atoms with Crippen LogP contribution in [0.5, 0.6) is 0 Å². The maximum atomic E-state index is 14.6. The van der Waals surface area contributed by atoms with E-state index in [2.05, 4.69) is 93.4 Å². The largest absolute Gasteiger partial charge is 0.480 e. The fraction of sp³-hybridized carbons (Fsp3) is 0.635. The van der Waals surface area contributed by atoms with E-state index in [1.165, 1.54) is 0 Å². The molecule has 0 radical (unpaired) electrons. The van der Waals surface area contributed by atoms with Crippen LogP contribution in [0.2, 0.25) is 0 Å². The van der Waals surface area contributed by atoms with Crippen LogP contribution in [0.4, 0.5) is 0 Å². The quantitative estimate of drug-likeness (QED) is 0.00954. The molecule has 11 atom stereocenters. The van der Waals surface area contributed by atoms with Crippen molar-refractivity contribution in [3.05, 3.63) is 35.9 Å². The van der Waals surface area contributed by atoms with E-state index >= 15 is 0 Å². The van der Waals surface area contributed by atoms with Crippen molar-refractivity contribution in [1.29, 1.82) is 0 Å². The first kappa shape index (κ1) is 87.6. The smallest absolute Gasteiger partial charge is 0.326 e. The molecule has 101 heavy (non-hydrogen) atoms. The van der Waals surface area contributed by atoms with Crippen LogP contribution in [0.3, 0.4) is 0 Å². The van der Waals surface area contributed by atoms with E-state index in [0.29, 0.717) is 5.56 Å². The Kier molecular flexibility index (Phi) is 40.6. The second-order valence-corrected chi connectivity index (χ2v) is 25.3. The number of rotatable bonds is 47. The van der Waals surface area contributed by atoms with Gasteiger partial charge in [-0.05, 0) is 81.4 Å². The highest BCUT2D eigenvalue weighted by Crippen LogP contribution is 2.25. The van der Waals surface area contributed by atoms with Gasteiger partial charge in [0.1, 0.15) is 54.4 Å². The Hall–Kier alpha value is -9.49. The van der Waals surface area contributed by atoms with Gasteiger partial charge in [0.25, 0.3) is 5.91 Å². The number of nitrogens with zero attached hydrogens (tertiary/aromatic N) is 4. The average molecular weight is 1460 g/mol. The number of Topliss-reactive ketones (excluding diaryl/α,β-unsaturated/α-hetero) is 1. The van der Waals surface area contributed by atoms with Gasteiger partial charge in [-0.3, -0.25) is 77.3 Å². The highest BCUT2D eigenvalue weighted by Gasteiger charge is 2.38. The lowest BCUT2D eigenvalue weighted by molar-refractivity contribution is -0.144. The molecule has 1 saturated carbocycles. The molecule has 0 aromatic heterocycles. The fourth-order valence-electron chi connectivity index (χ4n) is 10.6. The van der Waals surface area contributed by atoms with E-state index in [1.807, 2.05) is 0 Å². The number of amides is 12. The molecule has 0 bridgehead atoms. The third kappa shape index (κ3) is 33.0. The molecular weight excluding hydrogens is 1350 g/mol. The molecule has 36 nitrogen and oxygen atoms in total. The lowest BCUT2D eigenvalue weighted by atomic mass is 9.93. The van der Waals surface area contributed by atoms with E-state index in [4.69, 9.17) is 40.1 Å². The van der Waals surface area contributed by atoms with Crippen molar-refractivity contribution in [1.82, 2.24) is 58.1 Å². The molecule has 25 N–H and O–H groups in total. The molecule has 1 fully saturated rings. The molecule has 2 rings (SSSR count). The molecule has 0 spiro atoms. The van der Waals surface area contributed by atoms with Gasteiger partial charge in [-0.1, -0.05) is 90.1 Å². The van der Waals surface area contributed by atoms with Crippen molar-refractivity contribution < 1.29 is 72.2 Å². The van der Waals surface area contributed by atoms with Gasteiger partial charge in [-0.15, -0.1) is 0 Å². The number of ketones is 1. The number of aliphatic carboxylic acids is 1. The van der Waals surface area contributed by atoms with Crippen molar-refractivity contribution in [2.24, 2.45) is 66.9 Å². The number of nitrogens with two attached hydrogens (primary N) is 7. The zero-order valence-corrected chi connectivity index (χ0v) is 59.8. The first-order chi connectivity index (χ1) is 47.8. The SMILES string of the molecule is CC[C@H](C)[C@H](NC(=O)[C@H](CCCN=C(N)N)NC(=O)CNC(=O)CNC(=O)[C@H](C)N(C(=O)CCS)C1CCCCC1)C(=O)N[C@@H](CC(=O)N[C@@H](CCCN=C(N)N)C(=O)N[C@H](C(=O)N[C@@H](Cc1ccccc1)C(=O)N[C@@H](CCCN=C(N)N)C(=O)N[C@@H](CS)C(=O)C(N)=O)[C@@H](C)CC)C(=O)O. The van der Waals surface area contributed by atoms with Crippen molar-refractivity contribution in [2.75, 3.05) is 44.2 Å². The normalized spacial score (nSPS) is 15.2. The molecule has 564 valence electrons. The van der Waals surface area contributed by atoms with Crippen LogP contribution in [0.15, 0.2) is 45.3 Å². The Labute approximate surface area is 598 Å². The van der Waals surface area contributed by atoms with Crippen molar-refractivity contribution in [3.63, 3.8) is 0 Å². The number of primary amides is 1. The zero-order valence-electron chi connectivity index (χ0n) is 58.0. The highest BCUT2D eigenvalue weighted by atomic mass is 32.1. The minimum atomic E-state index is -2.00. The zero-order chi connectivity index (χ0) is 75.9. The fourth-order valence-corrected chi connectivity index (χ4v) is 11.1. The lowest BCUT2D eigenvalue weighted by Crippen LogP contribution is -2.61. The molecule has 38 heteroatoms. The Morgan fingerprint density at radius 2 is 0.941 bits per heavy atom. The van der Waals surface area contributed by atoms with E-state index in [-0.39, 0.29) is 125 Å². The Morgan fingerprint density at radius 1 is 0.515 bits per heavy atom.